The molecule has 3 rings (SSSR count). The fourth-order valence-electron chi connectivity index (χ4n) is 4.11. The molecule has 0 radical (unpaired) electrons. The van der Waals surface area contributed by atoms with Gasteiger partial charge in [-0.05, 0) is 50.9 Å². The highest BCUT2D eigenvalue weighted by Crippen LogP contribution is 2.22. The highest BCUT2D eigenvalue weighted by Gasteiger charge is 2.24. The molecule has 0 aromatic heterocycles. The first-order chi connectivity index (χ1) is 13.6. The van der Waals surface area contributed by atoms with Crippen molar-refractivity contribution in [2.45, 2.75) is 26.7 Å². The molecule has 2 saturated heterocycles. The third-order valence-electron chi connectivity index (χ3n) is 5.57. The van der Waals surface area contributed by atoms with Gasteiger partial charge in [-0.1, -0.05) is 6.92 Å². The van der Waals surface area contributed by atoms with Gasteiger partial charge in [0.2, 0.25) is 0 Å². The second-order valence-corrected chi connectivity index (χ2v) is 7.72. The number of nitrogens with zero attached hydrogens (tertiary/aromatic N) is 4. The first kappa shape index (κ1) is 20.8. The number of likely N-dealkylation sites (tertiary alicyclic amines) is 1. The Labute approximate surface area is 167 Å². The van der Waals surface area contributed by atoms with Crippen molar-refractivity contribution in [3.8, 4) is 0 Å². The van der Waals surface area contributed by atoms with Gasteiger partial charge in [-0.25, -0.2) is 8.78 Å². The van der Waals surface area contributed by atoms with E-state index in [2.05, 4.69) is 29.0 Å². The molecule has 0 spiro atoms. The predicted octanol–water partition coefficient (Wildman–Crippen LogP) is 2.78. The Balaban J connectivity index is 1.56. The molecule has 156 valence electrons. The maximum absolute atomic E-state index is 14.0. The van der Waals surface area contributed by atoms with Gasteiger partial charge in [0.25, 0.3) is 0 Å². The van der Waals surface area contributed by atoms with Crippen LogP contribution in [0.15, 0.2) is 23.2 Å². The second-order valence-electron chi connectivity index (χ2n) is 7.72. The lowest BCUT2D eigenvalue weighted by molar-refractivity contribution is 0.325. The number of halogens is 2. The van der Waals surface area contributed by atoms with E-state index in [4.69, 9.17) is 4.99 Å². The van der Waals surface area contributed by atoms with Crippen LogP contribution in [0.5, 0.6) is 0 Å². The Hall–Kier alpha value is -1.89. The smallest absolute Gasteiger partial charge is 0.194 e. The summed E-state index contributed by atoms with van der Waals surface area (Å²) in [6.45, 7) is 12.3. The maximum atomic E-state index is 14.0. The van der Waals surface area contributed by atoms with E-state index >= 15 is 0 Å². The van der Waals surface area contributed by atoms with Crippen LogP contribution in [0.25, 0.3) is 0 Å². The van der Waals surface area contributed by atoms with Gasteiger partial charge in [0.15, 0.2) is 5.96 Å². The number of hydrogen-bond donors (Lipinski definition) is 1. The number of anilines is 1. The summed E-state index contributed by atoms with van der Waals surface area (Å²) < 4.78 is 27.5. The van der Waals surface area contributed by atoms with Crippen LogP contribution in [0.4, 0.5) is 14.5 Å². The summed E-state index contributed by atoms with van der Waals surface area (Å²) >= 11 is 0. The molecular weight excluding hydrogens is 360 g/mol. The molecule has 1 unspecified atom stereocenters. The van der Waals surface area contributed by atoms with E-state index in [1.165, 1.54) is 38.1 Å². The molecular formula is C21H33F2N5. The third kappa shape index (κ3) is 5.34. The molecule has 7 heteroatoms. The van der Waals surface area contributed by atoms with Crippen molar-refractivity contribution in [3.05, 3.63) is 29.8 Å². The molecule has 2 aliphatic rings. The first-order valence-electron chi connectivity index (χ1n) is 10.6. The number of benzene rings is 1. The fraction of sp³-hybridized carbons (Fsp3) is 0.667. The van der Waals surface area contributed by atoms with Crippen LogP contribution in [-0.2, 0) is 0 Å². The van der Waals surface area contributed by atoms with Crippen LogP contribution in [0, 0.1) is 17.6 Å². The SMILES string of the molecule is CCCN1CCC(CN=C(NCC)N2CCN(c3cc(F)ccc3F)CC2)C1. The fourth-order valence-corrected chi connectivity index (χ4v) is 4.11. The highest BCUT2D eigenvalue weighted by molar-refractivity contribution is 5.80. The maximum Gasteiger partial charge on any atom is 0.194 e. The van der Waals surface area contributed by atoms with E-state index in [0.29, 0.717) is 24.7 Å². The second kappa shape index (κ2) is 10.0. The van der Waals surface area contributed by atoms with Gasteiger partial charge in [0.05, 0.1) is 5.69 Å². The number of hydrogen-bond acceptors (Lipinski definition) is 3. The van der Waals surface area contributed by atoms with Crippen LogP contribution >= 0.6 is 0 Å². The zero-order valence-corrected chi connectivity index (χ0v) is 17.1. The van der Waals surface area contributed by atoms with Crippen LogP contribution in [0.1, 0.15) is 26.7 Å². The molecule has 28 heavy (non-hydrogen) atoms. The molecule has 1 aromatic rings. The molecule has 0 saturated carbocycles. The number of rotatable bonds is 6. The van der Waals surface area contributed by atoms with Crippen LogP contribution in [-0.4, -0.2) is 74.7 Å². The summed E-state index contributed by atoms with van der Waals surface area (Å²) in [6.07, 6.45) is 2.42. The molecule has 1 aromatic carbocycles. The first-order valence-corrected chi connectivity index (χ1v) is 10.6. The monoisotopic (exact) mass is 393 g/mol. The zero-order valence-electron chi connectivity index (χ0n) is 17.1. The molecule has 5 nitrogen and oxygen atoms in total. The quantitative estimate of drug-likeness (QED) is 0.595. The standard InChI is InChI=1S/C21H33F2N5/c1-3-8-26-9-7-17(16-26)15-25-21(24-4-2)28-12-10-27(11-13-28)20-14-18(22)5-6-19(20)23/h5-6,14,17H,3-4,7-13,15-16H2,1-2H3,(H,24,25). The molecule has 0 bridgehead atoms. The van der Waals surface area contributed by atoms with Crippen molar-refractivity contribution < 1.29 is 8.78 Å². The van der Waals surface area contributed by atoms with Gasteiger partial charge in [-0.3, -0.25) is 4.99 Å². The van der Waals surface area contributed by atoms with E-state index in [9.17, 15) is 8.78 Å². The predicted molar refractivity (Wildman–Crippen MR) is 111 cm³/mol. The van der Waals surface area contributed by atoms with Gasteiger partial charge in [-0.2, -0.15) is 0 Å². The van der Waals surface area contributed by atoms with Gasteiger partial charge < -0.3 is 20.0 Å². The van der Waals surface area contributed by atoms with Crippen molar-refractivity contribution in [1.82, 2.24) is 15.1 Å². The largest absolute Gasteiger partial charge is 0.366 e. The Kier molecular flexibility index (Phi) is 7.48. The summed E-state index contributed by atoms with van der Waals surface area (Å²) in [7, 11) is 0. The topological polar surface area (TPSA) is 34.1 Å². The van der Waals surface area contributed by atoms with E-state index in [0.717, 1.165) is 44.7 Å². The Bertz CT molecular complexity index is 658. The number of piperazine rings is 1. The minimum Gasteiger partial charge on any atom is -0.366 e. The number of aliphatic imine (C=N–C) groups is 1. The zero-order chi connectivity index (χ0) is 19.9. The van der Waals surface area contributed by atoms with Crippen LogP contribution < -0.4 is 10.2 Å². The minimum absolute atomic E-state index is 0.351. The molecule has 2 heterocycles. The lowest BCUT2D eigenvalue weighted by atomic mass is 10.1. The molecule has 0 amide bonds. The summed E-state index contributed by atoms with van der Waals surface area (Å²) in [5.41, 5.74) is 0.351. The normalized spacial score (nSPS) is 21.4. The summed E-state index contributed by atoms with van der Waals surface area (Å²) in [5, 5.41) is 3.40. The van der Waals surface area contributed by atoms with Crippen LogP contribution in [0.3, 0.4) is 0 Å². The number of guanidine groups is 1. The van der Waals surface area contributed by atoms with E-state index in [1.54, 1.807) is 0 Å². The lowest BCUT2D eigenvalue weighted by Crippen LogP contribution is -2.52. The summed E-state index contributed by atoms with van der Waals surface area (Å²) in [6, 6.07) is 3.65. The van der Waals surface area contributed by atoms with Crippen molar-refractivity contribution in [1.29, 1.82) is 0 Å². The minimum atomic E-state index is -0.401. The van der Waals surface area contributed by atoms with Gasteiger partial charge in [0, 0.05) is 51.9 Å². The average molecular weight is 394 g/mol. The molecule has 1 atom stereocenters. The number of nitrogens with one attached hydrogen (secondary N) is 1. The average Bonchev–Trinajstić information content (AvgIpc) is 3.15. The lowest BCUT2D eigenvalue weighted by Gasteiger charge is -2.37. The van der Waals surface area contributed by atoms with Crippen molar-refractivity contribution in [3.63, 3.8) is 0 Å². The van der Waals surface area contributed by atoms with E-state index in [1.807, 2.05) is 4.90 Å². The van der Waals surface area contributed by atoms with E-state index in [-0.39, 0.29) is 5.82 Å². The van der Waals surface area contributed by atoms with Crippen molar-refractivity contribution >= 4 is 11.6 Å². The Morgan fingerprint density at radius 1 is 1.14 bits per heavy atom. The third-order valence-corrected chi connectivity index (χ3v) is 5.57. The molecule has 2 fully saturated rings. The van der Waals surface area contributed by atoms with Gasteiger partial charge in [-0.15, -0.1) is 0 Å². The Morgan fingerprint density at radius 2 is 1.93 bits per heavy atom. The molecule has 1 N–H and O–H groups in total. The summed E-state index contributed by atoms with van der Waals surface area (Å²) in [5.74, 6) is 0.800. The van der Waals surface area contributed by atoms with Crippen LogP contribution in [0.2, 0.25) is 0 Å². The van der Waals surface area contributed by atoms with Crippen molar-refractivity contribution in [2.75, 3.05) is 63.8 Å². The van der Waals surface area contributed by atoms with Crippen molar-refractivity contribution in [2.24, 2.45) is 10.9 Å². The molecule has 2 aliphatic heterocycles. The van der Waals surface area contributed by atoms with Gasteiger partial charge in [0.1, 0.15) is 11.6 Å². The Morgan fingerprint density at radius 3 is 2.64 bits per heavy atom. The summed E-state index contributed by atoms with van der Waals surface area (Å²) in [4.78, 5) is 11.6. The van der Waals surface area contributed by atoms with E-state index < -0.39 is 5.82 Å². The highest BCUT2D eigenvalue weighted by atomic mass is 19.1. The molecule has 0 aliphatic carbocycles. The van der Waals surface area contributed by atoms with Gasteiger partial charge >= 0.3 is 0 Å².